The van der Waals surface area contributed by atoms with Crippen LogP contribution in [0.2, 0.25) is 0 Å². The van der Waals surface area contributed by atoms with Gasteiger partial charge in [0.1, 0.15) is 0 Å². The van der Waals surface area contributed by atoms with E-state index in [2.05, 4.69) is 4.98 Å². The zero-order valence-electron chi connectivity index (χ0n) is 16.1. The van der Waals surface area contributed by atoms with Gasteiger partial charge in [-0.3, -0.25) is 14.6 Å². The van der Waals surface area contributed by atoms with E-state index in [0.29, 0.717) is 31.7 Å². The molecule has 0 N–H and O–H groups in total. The van der Waals surface area contributed by atoms with Crippen LogP contribution in [0, 0.1) is 6.92 Å². The van der Waals surface area contributed by atoms with Crippen LogP contribution < -0.4 is 4.90 Å². The van der Waals surface area contributed by atoms with Crippen molar-refractivity contribution < 1.29 is 14.3 Å². The molecule has 2 aromatic rings. The Morgan fingerprint density at radius 3 is 2.75 bits per heavy atom. The number of hydrogen-bond donors (Lipinski definition) is 0. The monoisotopic (exact) mass is 379 g/mol. The highest BCUT2D eigenvalue weighted by atomic mass is 16.5. The highest BCUT2D eigenvalue weighted by Gasteiger charge is 2.48. The van der Waals surface area contributed by atoms with Crippen molar-refractivity contribution in [3.05, 3.63) is 59.9 Å². The number of ether oxygens (including phenoxy) is 1. The van der Waals surface area contributed by atoms with Gasteiger partial charge in [-0.15, -0.1) is 0 Å². The van der Waals surface area contributed by atoms with Crippen molar-refractivity contribution in [3.63, 3.8) is 0 Å². The molecule has 2 saturated heterocycles. The first kappa shape index (κ1) is 18.6. The summed E-state index contributed by atoms with van der Waals surface area (Å²) in [5, 5.41) is 0. The van der Waals surface area contributed by atoms with Crippen LogP contribution in [0.3, 0.4) is 0 Å². The summed E-state index contributed by atoms with van der Waals surface area (Å²) in [6, 6.07) is 11.5. The number of amides is 2. The first-order valence-electron chi connectivity index (χ1n) is 9.81. The highest BCUT2D eigenvalue weighted by molar-refractivity contribution is 6.01. The van der Waals surface area contributed by atoms with Crippen LogP contribution in [0.15, 0.2) is 48.8 Å². The van der Waals surface area contributed by atoms with Gasteiger partial charge < -0.3 is 14.5 Å². The number of morpholine rings is 1. The van der Waals surface area contributed by atoms with Gasteiger partial charge in [-0.05, 0) is 49.9 Å². The van der Waals surface area contributed by atoms with Crippen molar-refractivity contribution >= 4 is 17.5 Å². The average Bonchev–Trinajstić information content (AvgIpc) is 2.88. The molecular weight excluding hydrogens is 354 g/mol. The Balaban J connectivity index is 1.60. The van der Waals surface area contributed by atoms with E-state index >= 15 is 0 Å². The Morgan fingerprint density at radius 2 is 1.96 bits per heavy atom. The summed E-state index contributed by atoms with van der Waals surface area (Å²) in [6.45, 7) is 3.70. The Hall–Kier alpha value is -2.73. The molecule has 1 aromatic carbocycles. The van der Waals surface area contributed by atoms with Gasteiger partial charge >= 0.3 is 0 Å². The van der Waals surface area contributed by atoms with Crippen molar-refractivity contribution in [2.75, 3.05) is 31.1 Å². The van der Waals surface area contributed by atoms with Gasteiger partial charge in [0, 0.05) is 31.2 Å². The van der Waals surface area contributed by atoms with Crippen LogP contribution in [-0.2, 0) is 9.53 Å². The maximum absolute atomic E-state index is 13.5. The summed E-state index contributed by atoms with van der Waals surface area (Å²) >= 11 is 0. The zero-order valence-corrected chi connectivity index (χ0v) is 16.1. The van der Waals surface area contributed by atoms with Crippen molar-refractivity contribution in [1.82, 2.24) is 9.88 Å². The zero-order chi connectivity index (χ0) is 19.6. The van der Waals surface area contributed by atoms with Gasteiger partial charge in [0.25, 0.3) is 11.8 Å². The third kappa shape index (κ3) is 3.52. The van der Waals surface area contributed by atoms with Crippen LogP contribution >= 0.6 is 0 Å². The molecule has 2 aliphatic rings. The van der Waals surface area contributed by atoms with E-state index in [0.717, 1.165) is 24.1 Å². The van der Waals surface area contributed by atoms with E-state index in [1.165, 1.54) is 0 Å². The highest BCUT2D eigenvalue weighted by Crippen LogP contribution is 2.32. The maximum Gasteiger partial charge on any atom is 0.261 e. The van der Waals surface area contributed by atoms with E-state index in [4.69, 9.17) is 4.74 Å². The molecule has 1 unspecified atom stereocenters. The van der Waals surface area contributed by atoms with Crippen LogP contribution in [0.1, 0.15) is 35.2 Å². The third-order valence-corrected chi connectivity index (χ3v) is 5.51. The van der Waals surface area contributed by atoms with E-state index in [1.807, 2.05) is 48.2 Å². The average molecular weight is 379 g/mol. The Bertz CT molecular complexity index is 870. The molecule has 146 valence electrons. The predicted molar refractivity (Wildman–Crippen MR) is 106 cm³/mol. The molecule has 1 spiro atoms. The number of aryl methyl sites for hydroxylation is 1. The minimum absolute atomic E-state index is 0.0453. The molecular formula is C22H25N3O3. The molecule has 28 heavy (non-hydrogen) atoms. The number of carbonyl (C=O) groups excluding carboxylic acids is 2. The van der Waals surface area contributed by atoms with E-state index in [-0.39, 0.29) is 18.4 Å². The summed E-state index contributed by atoms with van der Waals surface area (Å²) < 4.78 is 6.09. The lowest BCUT2D eigenvalue weighted by Crippen LogP contribution is -2.61. The van der Waals surface area contributed by atoms with Crippen molar-refractivity contribution in [3.8, 4) is 0 Å². The lowest BCUT2D eigenvalue weighted by atomic mass is 9.93. The summed E-state index contributed by atoms with van der Waals surface area (Å²) in [7, 11) is 0. The number of nitrogens with zero attached hydrogens (tertiary/aromatic N) is 3. The molecule has 0 aliphatic carbocycles. The Kier molecular flexibility index (Phi) is 5.13. The fourth-order valence-corrected chi connectivity index (χ4v) is 4.08. The van der Waals surface area contributed by atoms with Gasteiger partial charge in [-0.1, -0.05) is 18.2 Å². The molecule has 6 heteroatoms. The summed E-state index contributed by atoms with van der Waals surface area (Å²) in [5.74, 6) is -0.141. The molecule has 2 amide bonds. The quantitative estimate of drug-likeness (QED) is 0.805. The lowest BCUT2D eigenvalue weighted by molar-refractivity contribution is -0.155. The normalized spacial score (nSPS) is 23.0. The third-order valence-electron chi connectivity index (χ3n) is 5.51. The molecule has 2 fully saturated rings. The van der Waals surface area contributed by atoms with E-state index in [1.54, 1.807) is 17.3 Å². The molecule has 1 aromatic heterocycles. The van der Waals surface area contributed by atoms with Gasteiger partial charge in [0.15, 0.2) is 5.60 Å². The Labute approximate surface area is 165 Å². The first-order chi connectivity index (χ1) is 13.6. The number of rotatable bonds is 2. The minimum atomic E-state index is -0.975. The van der Waals surface area contributed by atoms with Crippen LogP contribution in [-0.4, -0.2) is 53.5 Å². The fourth-order valence-electron chi connectivity index (χ4n) is 4.08. The number of aromatic nitrogens is 1. The summed E-state index contributed by atoms with van der Waals surface area (Å²) in [6.07, 6.45) is 5.75. The molecule has 6 nitrogen and oxygen atoms in total. The van der Waals surface area contributed by atoms with Crippen molar-refractivity contribution in [2.45, 2.75) is 31.8 Å². The lowest BCUT2D eigenvalue weighted by Gasteiger charge is -2.42. The summed E-state index contributed by atoms with van der Waals surface area (Å²) in [5.41, 5.74) is 1.40. The van der Waals surface area contributed by atoms with E-state index in [9.17, 15) is 9.59 Å². The Morgan fingerprint density at radius 1 is 1.14 bits per heavy atom. The number of carbonyl (C=O) groups is 2. The topological polar surface area (TPSA) is 62.7 Å². The van der Waals surface area contributed by atoms with Crippen LogP contribution in [0.5, 0.6) is 0 Å². The van der Waals surface area contributed by atoms with Gasteiger partial charge in [-0.25, -0.2) is 0 Å². The van der Waals surface area contributed by atoms with Gasteiger partial charge in [0.2, 0.25) is 0 Å². The number of hydrogen-bond acceptors (Lipinski definition) is 4. The molecule has 0 radical (unpaired) electrons. The maximum atomic E-state index is 13.5. The second-order valence-corrected chi connectivity index (χ2v) is 7.57. The smallest absolute Gasteiger partial charge is 0.261 e. The molecule has 0 bridgehead atoms. The number of benzene rings is 1. The SMILES string of the molecule is Cc1cncc(C(=O)N2CCOC3(CCCCN(c4ccccc4)C3=O)C2)c1. The van der Waals surface area contributed by atoms with Crippen molar-refractivity contribution in [1.29, 1.82) is 0 Å². The molecule has 4 rings (SSSR count). The van der Waals surface area contributed by atoms with Crippen LogP contribution in [0.25, 0.3) is 0 Å². The number of pyridine rings is 1. The second-order valence-electron chi connectivity index (χ2n) is 7.57. The predicted octanol–water partition coefficient (Wildman–Crippen LogP) is 2.82. The molecule has 1 atom stereocenters. The number of para-hydroxylation sites is 1. The van der Waals surface area contributed by atoms with Crippen molar-refractivity contribution in [2.24, 2.45) is 0 Å². The standard InChI is InChI=1S/C22H25N3O3/c1-17-13-18(15-23-14-17)20(26)24-11-12-28-22(16-24)9-5-6-10-25(21(22)27)19-7-3-2-4-8-19/h2-4,7-8,13-15H,5-6,9-12,16H2,1H3. The molecule has 3 heterocycles. The minimum Gasteiger partial charge on any atom is -0.361 e. The summed E-state index contributed by atoms with van der Waals surface area (Å²) in [4.78, 5) is 34.2. The number of anilines is 1. The van der Waals surface area contributed by atoms with E-state index < -0.39 is 5.60 Å². The van der Waals surface area contributed by atoms with Gasteiger partial charge in [0.05, 0.1) is 18.7 Å². The molecule has 0 saturated carbocycles. The first-order valence-corrected chi connectivity index (χ1v) is 9.81. The largest absolute Gasteiger partial charge is 0.361 e. The molecule has 2 aliphatic heterocycles. The fraction of sp³-hybridized carbons (Fsp3) is 0.409. The second kappa shape index (κ2) is 7.72. The van der Waals surface area contributed by atoms with Gasteiger partial charge in [-0.2, -0.15) is 0 Å². The van der Waals surface area contributed by atoms with Crippen LogP contribution in [0.4, 0.5) is 5.69 Å².